The van der Waals surface area contributed by atoms with Crippen molar-refractivity contribution in [2.45, 2.75) is 50.9 Å². The van der Waals surface area contributed by atoms with Crippen LogP contribution in [0.3, 0.4) is 0 Å². The minimum Gasteiger partial charge on any atom is -0.310 e. The Hall–Kier alpha value is -8.20. The zero-order chi connectivity index (χ0) is 47.1. The van der Waals surface area contributed by atoms with Crippen molar-refractivity contribution in [1.29, 1.82) is 0 Å². The number of benzene rings is 10. The maximum absolute atomic E-state index is 2.59. The highest BCUT2D eigenvalue weighted by molar-refractivity contribution is 6.00. The zero-order valence-corrected chi connectivity index (χ0v) is 40.3. The summed E-state index contributed by atoms with van der Waals surface area (Å²) in [6.07, 6.45) is 0. The van der Waals surface area contributed by atoms with E-state index in [9.17, 15) is 0 Å². The minimum absolute atomic E-state index is 0.116. The fourth-order valence-corrected chi connectivity index (χ4v) is 13.0. The largest absolute Gasteiger partial charge is 0.310 e. The molecule has 5 aliphatic rings. The SMILES string of the molecule is CC1(C)c2ccccc2-c2ccc(N3c4ccc(cc4)C4(C)c5cc(N(c6ccc(-c7ccccc7)cc6)c6ccccc6-c6ccccc6)ccc5-c5cc6c(cc54)-c4c3cccc4C6(C)C)cc21. The van der Waals surface area contributed by atoms with E-state index < -0.39 is 5.41 Å². The van der Waals surface area contributed by atoms with Crippen LogP contribution in [0, 0.1) is 0 Å². The summed E-state index contributed by atoms with van der Waals surface area (Å²) < 4.78 is 0. The van der Waals surface area contributed by atoms with E-state index in [1.165, 1.54) is 106 Å². The van der Waals surface area contributed by atoms with E-state index in [-0.39, 0.29) is 10.8 Å². The Labute approximate surface area is 411 Å². The van der Waals surface area contributed by atoms with Gasteiger partial charge in [0.05, 0.1) is 11.4 Å². The Morgan fingerprint density at radius 1 is 0.329 bits per heavy atom. The molecule has 0 amide bonds. The third-order valence-electron chi connectivity index (χ3n) is 16.7. The first-order valence-electron chi connectivity index (χ1n) is 24.8. The number of hydrogen-bond donors (Lipinski definition) is 0. The van der Waals surface area contributed by atoms with Crippen LogP contribution in [0.4, 0.5) is 34.1 Å². The van der Waals surface area contributed by atoms with Gasteiger partial charge in [-0.25, -0.2) is 0 Å². The van der Waals surface area contributed by atoms with E-state index in [1.807, 2.05) is 0 Å². The normalized spacial score (nSPS) is 16.6. The van der Waals surface area contributed by atoms with Crippen LogP contribution in [0.5, 0.6) is 0 Å². The van der Waals surface area contributed by atoms with Crippen LogP contribution in [-0.4, -0.2) is 0 Å². The second-order valence-corrected chi connectivity index (χ2v) is 21.0. The lowest BCUT2D eigenvalue weighted by Gasteiger charge is -2.32. The Morgan fingerprint density at radius 3 is 1.64 bits per heavy atom. The van der Waals surface area contributed by atoms with Crippen molar-refractivity contribution < 1.29 is 0 Å². The standard InChI is InChI=1S/C68H52N2/c1-66(2)57-23-14-12-22-52(57)53-37-35-49(39-59(53)66)70-48-33-29-46(30-34-48)68(5)61-40-50(36-38-54(61)55-41-60-56(42-62(55)68)65-58(67(60,3)4)24-16-26-64(65)70)69(47-31-27-44(28-32-47)43-17-8-6-9-18-43)63-25-15-13-21-51(63)45-19-10-7-11-20-45/h6-42H,1-5H3. The van der Waals surface area contributed by atoms with Gasteiger partial charge in [-0.05, 0) is 163 Å². The van der Waals surface area contributed by atoms with Crippen LogP contribution in [-0.2, 0) is 16.2 Å². The fraction of sp³-hybridized carbons (Fsp3) is 0.118. The third-order valence-corrected chi connectivity index (χ3v) is 16.7. The van der Waals surface area contributed by atoms with E-state index in [4.69, 9.17) is 0 Å². The van der Waals surface area contributed by atoms with Gasteiger partial charge < -0.3 is 9.80 Å². The van der Waals surface area contributed by atoms with Gasteiger partial charge in [-0.2, -0.15) is 0 Å². The Bertz CT molecular complexity index is 3770. The predicted molar refractivity (Wildman–Crippen MR) is 293 cm³/mol. The summed E-state index contributed by atoms with van der Waals surface area (Å²) in [6.45, 7) is 12.1. The fourth-order valence-electron chi connectivity index (χ4n) is 13.0. The monoisotopic (exact) mass is 896 g/mol. The molecule has 2 aliphatic heterocycles. The molecule has 10 aromatic rings. The Kier molecular flexibility index (Phi) is 8.55. The number of rotatable bonds is 6. The lowest BCUT2D eigenvalue weighted by molar-refractivity contribution is 0.659. The molecule has 0 radical (unpaired) electrons. The van der Waals surface area contributed by atoms with Gasteiger partial charge in [0.15, 0.2) is 0 Å². The van der Waals surface area contributed by atoms with Crippen LogP contribution < -0.4 is 9.80 Å². The van der Waals surface area contributed by atoms with Crippen molar-refractivity contribution in [3.63, 3.8) is 0 Å². The minimum atomic E-state index is -0.448. The smallest absolute Gasteiger partial charge is 0.0543 e. The summed E-state index contributed by atoms with van der Waals surface area (Å²) in [7, 11) is 0. The maximum atomic E-state index is 2.59. The molecule has 10 aromatic carbocycles. The molecule has 4 bridgehead atoms. The van der Waals surface area contributed by atoms with Crippen LogP contribution in [0.25, 0.3) is 55.6 Å². The zero-order valence-electron chi connectivity index (χ0n) is 40.3. The van der Waals surface area contributed by atoms with Crippen molar-refractivity contribution in [3.8, 4) is 55.6 Å². The van der Waals surface area contributed by atoms with E-state index in [1.54, 1.807) is 0 Å². The second-order valence-electron chi connectivity index (χ2n) is 21.0. The van der Waals surface area contributed by atoms with E-state index in [2.05, 4.69) is 269 Å². The lowest BCUT2D eigenvalue weighted by atomic mass is 9.73. The average molecular weight is 897 g/mol. The van der Waals surface area contributed by atoms with E-state index in [0.29, 0.717) is 0 Å². The van der Waals surface area contributed by atoms with Crippen LogP contribution in [0.1, 0.15) is 73.6 Å². The highest BCUT2D eigenvalue weighted by Crippen LogP contribution is 2.62. The highest BCUT2D eigenvalue weighted by atomic mass is 15.2. The molecule has 0 N–H and O–H groups in total. The number of hydrogen-bond acceptors (Lipinski definition) is 2. The molecule has 2 heteroatoms. The predicted octanol–water partition coefficient (Wildman–Crippen LogP) is 18.2. The van der Waals surface area contributed by atoms with Gasteiger partial charge in [-0.3, -0.25) is 0 Å². The molecule has 0 saturated carbocycles. The summed E-state index contributed by atoms with van der Waals surface area (Å²) in [5, 5.41) is 0. The lowest BCUT2D eigenvalue weighted by Crippen LogP contribution is -2.23. The van der Waals surface area contributed by atoms with Crippen molar-refractivity contribution in [3.05, 3.63) is 263 Å². The molecule has 70 heavy (non-hydrogen) atoms. The Balaban J connectivity index is 0.976. The summed E-state index contributed by atoms with van der Waals surface area (Å²) in [4.78, 5) is 5.00. The van der Waals surface area contributed by atoms with Crippen molar-refractivity contribution in [1.82, 2.24) is 0 Å². The van der Waals surface area contributed by atoms with Crippen molar-refractivity contribution in [2.75, 3.05) is 9.80 Å². The molecule has 334 valence electrons. The second kappa shape index (κ2) is 14.7. The molecule has 0 aromatic heterocycles. The molecule has 1 atom stereocenters. The summed E-state index contributed by atoms with van der Waals surface area (Å²) in [6, 6.07) is 84.6. The number of fused-ring (bicyclic) bond motifs is 7. The molecule has 0 saturated heterocycles. The number of anilines is 6. The topological polar surface area (TPSA) is 6.48 Å². The number of para-hydroxylation sites is 1. The van der Waals surface area contributed by atoms with Gasteiger partial charge in [0.1, 0.15) is 0 Å². The molecule has 2 heterocycles. The highest BCUT2D eigenvalue weighted by Gasteiger charge is 2.47. The average Bonchev–Trinajstić information content (AvgIpc) is 3.89. The number of nitrogens with zero attached hydrogens (tertiary/aromatic N) is 2. The molecule has 3 aliphatic carbocycles. The van der Waals surface area contributed by atoms with Gasteiger partial charge >= 0.3 is 0 Å². The molecule has 0 spiro atoms. The van der Waals surface area contributed by atoms with Crippen LogP contribution in [0.15, 0.2) is 224 Å². The summed E-state index contributed by atoms with van der Waals surface area (Å²) in [5.41, 5.74) is 28.4. The third kappa shape index (κ3) is 5.62. The van der Waals surface area contributed by atoms with Gasteiger partial charge in [0.25, 0.3) is 0 Å². The molecular weight excluding hydrogens is 845 g/mol. The van der Waals surface area contributed by atoms with Crippen molar-refractivity contribution in [2.24, 2.45) is 0 Å². The van der Waals surface area contributed by atoms with E-state index in [0.717, 1.165) is 22.7 Å². The van der Waals surface area contributed by atoms with Gasteiger partial charge in [0.2, 0.25) is 0 Å². The van der Waals surface area contributed by atoms with Crippen molar-refractivity contribution >= 4 is 34.1 Å². The van der Waals surface area contributed by atoms with Crippen LogP contribution in [0.2, 0.25) is 0 Å². The summed E-state index contributed by atoms with van der Waals surface area (Å²) in [5.74, 6) is 0. The Morgan fingerprint density at radius 2 is 0.871 bits per heavy atom. The van der Waals surface area contributed by atoms with Gasteiger partial charge in [0, 0.05) is 50.1 Å². The van der Waals surface area contributed by atoms with Gasteiger partial charge in [-0.1, -0.05) is 179 Å². The maximum Gasteiger partial charge on any atom is 0.0543 e. The molecule has 2 nitrogen and oxygen atoms in total. The molecular formula is C68H52N2. The quantitative estimate of drug-likeness (QED) is 0.164. The first-order valence-corrected chi connectivity index (χ1v) is 24.8. The van der Waals surface area contributed by atoms with E-state index >= 15 is 0 Å². The van der Waals surface area contributed by atoms with Gasteiger partial charge in [-0.15, -0.1) is 0 Å². The first-order chi connectivity index (χ1) is 34.1. The molecule has 0 fully saturated rings. The summed E-state index contributed by atoms with van der Waals surface area (Å²) >= 11 is 0. The van der Waals surface area contributed by atoms with Crippen LogP contribution >= 0.6 is 0 Å². The molecule has 15 rings (SSSR count). The first kappa shape index (κ1) is 40.8. The molecule has 1 unspecified atom stereocenters.